The summed E-state index contributed by atoms with van der Waals surface area (Å²) in [4.78, 5) is 11.6. The van der Waals surface area contributed by atoms with E-state index in [0.29, 0.717) is 12.2 Å². The lowest BCUT2D eigenvalue weighted by Gasteiger charge is -2.22. The summed E-state index contributed by atoms with van der Waals surface area (Å²) >= 11 is 0. The van der Waals surface area contributed by atoms with Crippen molar-refractivity contribution in [3.05, 3.63) is 11.4 Å². The Hall–Kier alpha value is -1.47. The molecule has 0 aliphatic rings. The third kappa shape index (κ3) is 4.00. The lowest BCUT2D eigenvalue weighted by molar-refractivity contribution is 0.0107. The van der Waals surface area contributed by atoms with E-state index in [4.69, 9.17) is 9.47 Å². The van der Waals surface area contributed by atoms with Gasteiger partial charge in [-0.3, -0.25) is 0 Å². The van der Waals surface area contributed by atoms with Gasteiger partial charge >= 0.3 is 5.97 Å². The van der Waals surface area contributed by atoms with Crippen molar-refractivity contribution in [1.82, 2.24) is 15.0 Å². The Bertz CT molecular complexity index is 429. The van der Waals surface area contributed by atoms with Crippen molar-refractivity contribution in [3.8, 4) is 0 Å². The van der Waals surface area contributed by atoms with Gasteiger partial charge in [0, 0.05) is 20.8 Å². The minimum atomic E-state index is -0.510. The van der Waals surface area contributed by atoms with Gasteiger partial charge in [-0.2, -0.15) is 0 Å². The number of carbonyl (C=O) groups excluding carboxylic acids is 1. The van der Waals surface area contributed by atoms with Gasteiger partial charge in [0.25, 0.3) is 0 Å². The van der Waals surface area contributed by atoms with Gasteiger partial charge in [-0.15, -0.1) is 5.10 Å². The molecule has 1 aromatic heterocycles. The highest BCUT2D eigenvalue weighted by Gasteiger charge is 2.22. The number of aromatic nitrogens is 3. The van der Waals surface area contributed by atoms with Gasteiger partial charge in [0.05, 0.1) is 25.0 Å². The Balaban J connectivity index is 2.89. The summed E-state index contributed by atoms with van der Waals surface area (Å²) in [5.41, 5.74) is 0.544. The molecule has 0 saturated carbocycles. The van der Waals surface area contributed by atoms with Crippen LogP contribution < -0.4 is 0 Å². The predicted molar refractivity (Wildman–Crippen MR) is 67.8 cm³/mol. The first-order valence-electron chi connectivity index (χ1n) is 6.00. The molecule has 0 fully saturated rings. The molecule has 7 heteroatoms. The molecule has 0 radical (unpaired) electrons. The summed E-state index contributed by atoms with van der Waals surface area (Å²) < 4.78 is 16.7. The van der Waals surface area contributed by atoms with Gasteiger partial charge in [0.1, 0.15) is 0 Å². The zero-order chi connectivity index (χ0) is 14.5. The fourth-order valence-corrected chi connectivity index (χ4v) is 1.52. The molecule has 0 aromatic carbocycles. The highest BCUT2D eigenvalue weighted by atomic mass is 16.5. The van der Waals surface area contributed by atoms with Crippen molar-refractivity contribution in [2.75, 3.05) is 21.3 Å². The zero-order valence-corrected chi connectivity index (χ0v) is 12.1. The molecule has 0 aliphatic heterocycles. The Morgan fingerprint density at radius 2 is 2.00 bits per heavy atom. The van der Waals surface area contributed by atoms with Crippen molar-refractivity contribution in [3.63, 3.8) is 0 Å². The molecule has 0 spiro atoms. The van der Waals surface area contributed by atoms with Crippen molar-refractivity contribution >= 4 is 5.97 Å². The van der Waals surface area contributed by atoms with Crippen LogP contribution in [0.25, 0.3) is 0 Å². The average Bonchev–Trinajstić information content (AvgIpc) is 2.79. The summed E-state index contributed by atoms with van der Waals surface area (Å²) in [5, 5.41) is 7.82. The van der Waals surface area contributed by atoms with Crippen molar-refractivity contribution in [2.24, 2.45) is 0 Å². The van der Waals surface area contributed by atoms with Crippen LogP contribution in [-0.4, -0.2) is 47.9 Å². The Morgan fingerprint density at radius 3 is 2.53 bits per heavy atom. The van der Waals surface area contributed by atoms with Crippen LogP contribution in [0.15, 0.2) is 0 Å². The molecular formula is C12H21N3O4. The molecule has 0 unspecified atom stereocenters. The topological polar surface area (TPSA) is 75.5 Å². The maximum Gasteiger partial charge on any atom is 0.360 e. The number of hydrogen-bond acceptors (Lipinski definition) is 6. The average molecular weight is 271 g/mol. The molecule has 1 rings (SSSR count). The summed E-state index contributed by atoms with van der Waals surface area (Å²) in [7, 11) is 4.53. The molecule has 108 valence electrons. The second kappa shape index (κ2) is 6.63. The standard InChI is InChI=1S/C12H21N3O4/c1-12(2,19-5)6-7-15-9(8-17-3)10(13-14-15)11(16)18-4/h6-8H2,1-5H3. The summed E-state index contributed by atoms with van der Waals surface area (Å²) in [6, 6.07) is 0. The molecular weight excluding hydrogens is 250 g/mol. The van der Waals surface area contributed by atoms with E-state index in [2.05, 4.69) is 15.0 Å². The molecule has 0 N–H and O–H groups in total. The highest BCUT2D eigenvalue weighted by Crippen LogP contribution is 2.16. The minimum Gasteiger partial charge on any atom is -0.464 e. The van der Waals surface area contributed by atoms with E-state index in [1.807, 2.05) is 13.8 Å². The second-order valence-electron chi connectivity index (χ2n) is 4.75. The van der Waals surface area contributed by atoms with Crippen molar-refractivity contribution in [2.45, 2.75) is 39.0 Å². The van der Waals surface area contributed by atoms with Gasteiger partial charge in [-0.25, -0.2) is 9.48 Å². The lowest BCUT2D eigenvalue weighted by atomic mass is 10.1. The van der Waals surface area contributed by atoms with Gasteiger partial charge in [0.15, 0.2) is 5.69 Å². The number of rotatable bonds is 7. The number of methoxy groups -OCH3 is 3. The summed E-state index contributed by atoms with van der Waals surface area (Å²) in [6.07, 6.45) is 0.740. The lowest BCUT2D eigenvalue weighted by Crippen LogP contribution is -2.25. The highest BCUT2D eigenvalue weighted by molar-refractivity contribution is 5.88. The summed E-state index contributed by atoms with van der Waals surface area (Å²) in [5.74, 6) is -0.510. The van der Waals surface area contributed by atoms with Gasteiger partial charge in [-0.05, 0) is 20.3 Å². The number of ether oxygens (including phenoxy) is 3. The van der Waals surface area contributed by atoms with E-state index in [9.17, 15) is 4.79 Å². The predicted octanol–water partition coefficient (Wildman–Crippen LogP) is 1.03. The quantitative estimate of drug-likeness (QED) is 0.689. The maximum atomic E-state index is 11.6. The molecule has 1 heterocycles. The van der Waals surface area contributed by atoms with Gasteiger partial charge < -0.3 is 14.2 Å². The van der Waals surface area contributed by atoms with Crippen LogP contribution in [0, 0.1) is 0 Å². The first kappa shape index (κ1) is 15.6. The van der Waals surface area contributed by atoms with E-state index >= 15 is 0 Å². The van der Waals surface area contributed by atoms with Crippen molar-refractivity contribution in [1.29, 1.82) is 0 Å². The molecule has 19 heavy (non-hydrogen) atoms. The smallest absolute Gasteiger partial charge is 0.360 e. The second-order valence-corrected chi connectivity index (χ2v) is 4.75. The number of nitrogens with zero attached hydrogens (tertiary/aromatic N) is 3. The molecule has 0 atom stereocenters. The van der Waals surface area contributed by atoms with Crippen LogP contribution in [0.2, 0.25) is 0 Å². The number of carbonyl (C=O) groups is 1. The zero-order valence-electron chi connectivity index (χ0n) is 12.1. The maximum absolute atomic E-state index is 11.6. The number of esters is 1. The normalized spacial score (nSPS) is 11.6. The largest absolute Gasteiger partial charge is 0.464 e. The Labute approximate surface area is 112 Å². The fourth-order valence-electron chi connectivity index (χ4n) is 1.52. The molecule has 7 nitrogen and oxygen atoms in total. The molecule has 0 bridgehead atoms. The Kier molecular flexibility index (Phi) is 5.44. The third-order valence-electron chi connectivity index (χ3n) is 2.98. The SMILES string of the molecule is COCc1c(C(=O)OC)nnn1CCC(C)(C)OC. The molecule has 0 amide bonds. The summed E-state index contributed by atoms with van der Waals surface area (Å²) in [6.45, 7) is 4.82. The monoisotopic (exact) mass is 271 g/mol. The van der Waals surface area contributed by atoms with Crippen LogP contribution in [0.3, 0.4) is 0 Å². The molecule has 0 saturated heterocycles. The first-order valence-corrected chi connectivity index (χ1v) is 6.00. The first-order chi connectivity index (χ1) is 8.95. The van der Waals surface area contributed by atoms with E-state index in [1.54, 1.807) is 18.9 Å². The fraction of sp³-hybridized carbons (Fsp3) is 0.750. The third-order valence-corrected chi connectivity index (χ3v) is 2.98. The van der Waals surface area contributed by atoms with E-state index in [1.165, 1.54) is 7.11 Å². The van der Waals surface area contributed by atoms with Crippen LogP contribution in [0.4, 0.5) is 0 Å². The van der Waals surface area contributed by atoms with Gasteiger partial charge in [-0.1, -0.05) is 5.21 Å². The molecule has 0 aliphatic carbocycles. The van der Waals surface area contributed by atoms with Crippen LogP contribution in [0.5, 0.6) is 0 Å². The van der Waals surface area contributed by atoms with Crippen molar-refractivity contribution < 1.29 is 19.0 Å². The number of hydrogen-bond donors (Lipinski definition) is 0. The van der Waals surface area contributed by atoms with E-state index in [0.717, 1.165) is 6.42 Å². The van der Waals surface area contributed by atoms with Crippen LogP contribution in [0.1, 0.15) is 36.5 Å². The Morgan fingerprint density at radius 1 is 1.32 bits per heavy atom. The van der Waals surface area contributed by atoms with E-state index in [-0.39, 0.29) is 17.9 Å². The van der Waals surface area contributed by atoms with Crippen LogP contribution >= 0.6 is 0 Å². The molecule has 1 aromatic rings. The van der Waals surface area contributed by atoms with E-state index < -0.39 is 5.97 Å². The van der Waals surface area contributed by atoms with Crippen LogP contribution in [-0.2, 0) is 27.4 Å². The minimum absolute atomic E-state index is 0.194. The van der Waals surface area contributed by atoms with Gasteiger partial charge in [0.2, 0.25) is 0 Å². The number of aryl methyl sites for hydroxylation is 1.